The van der Waals surface area contributed by atoms with Gasteiger partial charge in [0.15, 0.2) is 0 Å². The van der Waals surface area contributed by atoms with Crippen molar-refractivity contribution in [2.45, 2.75) is 13.8 Å². The van der Waals surface area contributed by atoms with Crippen LogP contribution in [-0.2, 0) is 0 Å². The van der Waals surface area contributed by atoms with E-state index in [-0.39, 0.29) is 29.9 Å². The minimum absolute atomic E-state index is 0. The van der Waals surface area contributed by atoms with Crippen LogP contribution in [0.15, 0.2) is 48.5 Å². The summed E-state index contributed by atoms with van der Waals surface area (Å²) >= 11 is 0. The van der Waals surface area contributed by atoms with Crippen LogP contribution in [0.5, 0.6) is 0 Å². The molecular formula is C21H28IN3O. The highest BCUT2D eigenvalue weighted by Crippen LogP contribution is 2.39. The van der Waals surface area contributed by atoms with Gasteiger partial charge in [-0.15, -0.1) is 0 Å². The molecule has 0 saturated carbocycles. The number of benzene rings is 2. The first-order chi connectivity index (χ1) is 12.0. The molecule has 0 bridgehead atoms. The first-order valence-corrected chi connectivity index (χ1v) is 9.08. The highest BCUT2D eigenvalue weighted by atomic mass is 127. The second kappa shape index (κ2) is 8.39. The van der Waals surface area contributed by atoms with E-state index in [0.29, 0.717) is 0 Å². The zero-order chi connectivity index (χ0) is 18.0. The molecule has 0 N–H and O–H groups in total. The molecule has 5 heteroatoms. The zero-order valence-corrected chi connectivity index (χ0v) is 18.2. The Balaban J connectivity index is 0.00000243. The summed E-state index contributed by atoms with van der Waals surface area (Å²) in [6.07, 6.45) is 0. The quantitative estimate of drug-likeness (QED) is 0.484. The molecule has 0 aliphatic carbocycles. The molecule has 1 aliphatic rings. The summed E-state index contributed by atoms with van der Waals surface area (Å²) in [7, 11) is 4.16. The Morgan fingerprint density at radius 1 is 0.885 bits per heavy atom. The van der Waals surface area contributed by atoms with Crippen LogP contribution in [-0.4, -0.2) is 50.7 Å². The van der Waals surface area contributed by atoms with Crippen LogP contribution >= 0.6 is 0 Å². The van der Waals surface area contributed by atoms with E-state index in [2.05, 4.69) is 37.9 Å². The van der Waals surface area contributed by atoms with E-state index >= 15 is 0 Å². The summed E-state index contributed by atoms with van der Waals surface area (Å²) in [5.74, 6) is 0.0498. The molecule has 1 aliphatic heterocycles. The van der Waals surface area contributed by atoms with Gasteiger partial charge >= 0.3 is 0 Å². The number of likely N-dealkylation sites (N-methyl/N-ethyl adjacent to an activating group) is 1. The first-order valence-electron chi connectivity index (χ1n) is 9.08. The molecule has 2 aromatic rings. The van der Waals surface area contributed by atoms with E-state index in [1.165, 1.54) is 0 Å². The lowest BCUT2D eigenvalue weighted by Gasteiger charge is -2.35. The van der Waals surface area contributed by atoms with Gasteiger partial charge in [0, 0.05) is 7.05 Å². The molecule has 0 unspecified atom stereocenters. The first kappa shape index (κ1) is 20.7. The summed E-state index contributed by atoms with van der Waals surface area (Å²) in [6.45, 7) is 8.61. The number of nitrogens with zero attached hydrogens (tertiary/aromatic N) is 3. The molecule has 0 fully saturated rings. The van der Waals surface area contributed by atoms with Gasteiger partial charge in [0.2, 0.25) is 0 Å². The zero-order valence-electron chi connectivity index (χ0n) is 16.1. The Morgan fingerprint density at radius 3 is 2.04 bits per heavy atom. The standard InChI is InChI=1S/C21H28N3O.HI/c1-5-24(4,6-2)16-15-23-18-12-8-7-11-17(18)21(25)22(3)19-13-9-10-14-20(19)23;/h7-14H,5-6,15-16H2,1-4H3;1H/q+1;/p-1. The van der Waals surface area contributed by atoms with Crippen molar-refractivity contribution >= 4 is 23.0 Å². The maximum absolute atomic E-state index is 13.0. The molecule has 0 saturated heterocycles. The predicted molar refractivity (Wildman–Crippen MR) is 105 cm³/mol. The fourth-order valence-corrected chi connectivity index (χ4v) is 3.41. The van der Waals surface area contributed by atoms with Crippen molar-refractivity contribution in [1.29, 1.82) is 0 Å². The van der Waals surface area contributed by atoms with Crippen molar-refractivity contribution in [2.24, 2.45) is 0 Å². The van der Waals surface area contributed by atoms with E-state index in [1.807, 2.05) is 43.4 Å². The van der Waals surface area contributed by atoms with Crippen molar-refractivity contribution in [3.05, 3.63) is 54.1 Å². The molecule has 0 aromatic heterocycles. The topological polar surface area (TPSA) is 23.6 Å². The monoisotopic (exact) mass is 465 g/mol. The second-order valence-corrected chi connectivity index (χ2v) is 7.00. The number of rotatable bonds is 5. The van der Waals surface area contributed by atoms with E-state index in [4.69, 9.17) is 0 Å². The molecule has 1 amide bonds. The molecular weight excluding hydrogens is 437 g/mol. The number of hydrogen-bond acceptors (Lipinski definition) is 2. The number of amides is 1. The molecule has 0 radical (unpaired) electrons. The summed E-state index contributed by atoms with van der Waals surface area (Å²) in [5.41, 5.74) is 3.83. The van der Waals surface area contributed by atoms with E-state index < -0.39 is 0 Å². The van der Waals surface area contributed by atoms with Crippen molar-refractivity contribution in [2.75, 3.05) is 50.1 Å². The van der Waals surface area contributed by atoms with Crippen LogP contribution in [0.25, 0.3) is 0 Å². The fourth-order valence-electron chi connectivity index (χ4n) is 3.41. The molecule has 0 atom stereocenters. The Bertz CT molecular complexity index is 773. The Labute approximate surface area is 174 Å². The highest BCUT2D eigenvalue weighted by Gasteiger charge is 2.29. The number of fused-ring (bicyclic) bond motifs is 2. The fraction of sp³-hybridized carbons (Fsp3) is 0.381. The number of carbonyl (C=O) groups is 1. The largest absolute Gasteiger partial charge is 1.00 e. The molecule has 140 valence electrons. The molecule has 26 heavy (non-hydrogen) atoms. The smallest absolute Gasteiger partial charge is 0.260 e. The van der Waals surface area contributed by atoms with Gasteiger partial charge in [0.05, 0.1) is 55.9 Å². The van der Waals surface area contributed by atoms with Gasteiger partial charge < -0.3 is 38.3 Å². The van der Waals surface area contributed by atoms with Gasteiger partial charge in [0.1, 0.15) is 0 Å². The third-order valence-corrected chi connectivity index (χ3v) is 5.65. The number of para-hydroxylation sites is 3. The maximum atomic E-state index is 13.0. The van der Waals surface area contributed by atoms with Gasteiger partial charge in [-0.2, -0.15) is 0 Å². The van der Waals surface area contributed by atoms with Crippen LogP contribution in [0.1, 0.15) is 24.2 Å². The van der Waals surface area contributed by atoms with Crippen molar-refractivity contribution in [3.8, 4) is 0 Å². The normalized spacial score (nSPS) is 13.6. The number of anilines is 3. The number of hydrogen-bond donors (Lipinski definition) is 0. The van der Waals surface area contributed by atoms with Crippen LogP contribution in [0.3, 0.4) is 0 Å². The van der Waals surface area contributed by atoms with E-state index in [9.17, 15) is 4.79 Å². The SMILES string of the molecule is CC[N+](C)(CC)CCN1c2ccccc2C(=O)N(C)c2ccccc21.[I-]. The number of quaternary nitrogens is 1. The van der Waals surface area contributed by atoms with Gasteiger partial charge in [-0.1, -0.05) is 24.3 Å². The Hall–Kier alpha value is -1.60. The van der Waals surface area contributed by atoms with Crippen LogP contribution in [0.2, 0.25) is 0 Å². The summed E-state index contributed by atoms with van der Waals surface area (Å²) in [5, 5.41) is 0. The van der Waals surface area contributed by atoms with E-state index in [1.54, 1.807) is 4.90 Å². The minimum atomic E-state index is 0. The maximum Gasteiger partial charge on any atom is 0.260 e. The molecule has 1 heterocycles. The molecule has 2 aromatic carbocycles. The van der Waals surface area contributed by atoms with Crippen molar-refractivity contribution in [3.63, 3.8) is 0 Å². The minimum Gasteiger partial charge on any atom is -1.00 e. The predicted octanol–water partition coefficient (Wildman–Crippen LogP) is 0.905. The lowest BCUT2D eigenvalue weighted by molar-refractivity contribution is -0.904. The summed E-state index contributed by atoms with van der Waals surface area (Å²) in [4.78, 5) is 17.0. The third kappa shape index (κ3) is 3.74. The average Bonchev–Trinajstić information content (AvgIpc) is 2.75. The van der Waals surface area contributed by atoms with Gasteiger partial charge in [0.25, 0.3) is 5.91 Å². The van der Waals surface area contributed by atoms with Gasteiger partial charge in [-0.3, -0.25) is 4.79 Å². The molecule has 4 nitrogen and oxygen atoms in total. The second-order valence-electron chi connectivity index (χ2n) is 7.00. The summed E-state index contributed by atoms with van der Waals surface area (Å²) < 4.78 is 1.02. The Kier molecular flexibility index (Phi) is 6.69. The van der Waals surface area contributed by atoms with Crippen LogP contribution in [0.4, 0.5) is 17.1 Å². The highest BCUT2D eigenvalue weighted by molar-refractivity contribution is 6.13. The van der Waals surface area contributed by atoms with Crippen molar-refractivity contribution < 1.29 is 33.3 Å². The van der Waals surface area contributed by atoms with E-state index in [0.717, 1.165) is 53.3 Å². The molecule has 3 rings (SSSR count). The number of carbonyl (C=O) groups excluding carboxylic acids is 1. The van der Waals surface area contributed by atoms with Gasteiger partial charge in [-0.05, 0) is 38.1 Å². The van der Waals surface area contributed by atoms with Crippen molar-refractivity contribution in [1.82, 2.24) is 0 Å². The van der Waals surface area contributed by atoms with Crippen LogP contribution < -0.4 is 33.8 Å². The summed E-state index contributed by atoms with van der Waals surface area (Å²) in [6, 6.07) is 16.1. The lowest BCUT2D eigenvalue weighted by atomic mass is 10.1. The Morgan fingerprint density at radius 2 is 1.42 bits per heavy atom. The van der Waals surface area contributed by atoms with Crippen LogP contribution in [0, 0.1) is 0 Å². The lowest BCUT2D eigenvalue weighted by Crippen LogP contribution is -3.00. The van der Waals surface area contributed by atoms with Gasteiger partial charge in [-0.25, -0.2) is 0 Å². The average molecular weight is 465 g/mol. The molecule has 0 spiro atoms. The number of halogens is 1. The third-order valence-electron chi connectivity index (χ3n) is 5.65.